The molecule has 1 heterocycles. The number of halogens is 1. The van der Waals surface area contributed by atoms with Gasteiger partial charge in [-0.15, -0.1) is 0 Å². The second-order valence-electron chi connectivity index (χ2n) is 4.66. The van der Waals surface area contributed by atoms with Crippen LogP contribution in [0.3, 0.4) is 0 Å². The van der Waals surface area contributed by atoms with Gasteiger partial charge in [0, 0.05) is 0 Å². The fraction of sp³-hybridized carbons (Fsp3) is 0.417. The monoisotopic (exact) mass is 239 g/mol. The van der Waals surface area contributed by atoms with Crippen LogP contribution >= 0.6 is 11.6 Å². The number of rotatable bonds is 0. The number of hydrogen-bond donors (Lipinski definition) is 1. The van der Waals surface area contributed by atoms with E-state index in [1.54, 1.807) is 6.07 Å². The Hall–Kier alpha value is -1.22. The zero-order chi connectivity index (χ0) is 11.9. The summed E-state index contributed by atoms with van der Waals surface area (Å²) in [7, 11) is 0. The Morgan fingerprint density at radius 1 is 1.44 bits per heavy atom. The van der Waals surface area contributed by atoms with Gasteiger partial charge < -0.3 is 10.1 Å². The second kappa shape index (κ2) is 3.67. The zero-order valence-corrected chi connectivity index (χ0v) is 10.3. The number of amides is 1. The van der Waals surface area contributed by atoms with Crippen molar-refractivity contribution in [1.29, 1.82) is 0 Å². The highest BCUT2D eigenvalue weighted by atomic mass is 35.5. The fourth-order valence-corrected chi connectivity index (χ4v) is 1.99. The molecule has 86 valence electrons. The van der Waals surface area contributed by atoms with Gasteiger partial charge in [0.25, 0.3) is 0 Å². The van der Waals surface area contributed by atoms with E-state index in [0.29, 0.717) is 22.9 Å². The number of ether oxygens (including phenoxy) is 1. The van der Waals surface area contributed by atoms with Crippen molar-refractivity contribution in [1.82, 2.24) is 0 Å². The third-order valence-electron chi connectivity index (χ3n) is 2.53. The molecule has 0 spiro atoms. The summed E-state index contributed by atoms with van der Waals surface area (Å²) in [4.78, 5) is 11.7. The minimum absolute atomic E-state index is 0.0729. The van der Waals surface area contributed by atoms with Crippen molar-refractivity contribution in [3.05, 3.63) is 22.7 Å². The lowest BCUT2D eigenvalue weighted by atomic mass is 10.1. The summed E-state index contributed by atoms with van der Waals surface area (Å²) in [5.41, 5.74) is 1.04. The van der Waals surface area contributed by atoms with Crippen molar-refractivity contribution in [3.8, 4) is 5.75 Å². The van der Waals surface area contributed by atoms with Gasteiger partial charge in [0.1, 0.15) is 17.0 Å². The summed E-state index contributed by atoms with van der Waals surface area (Å²) < 4.78 is 5.86. The van der Waals surface area contributed by atoms with E-state index in [9.17, 15) is 4.79 Å². The average Bonchev–Trinajstić information content (AvgIpc) is 2.27. The molecule has 1 aromatic rings. The van der Waals surface area contributed by atoms with Gasteiger partial charge in [0.2, 0.25) is 5.91 Å². The lowest BCUT2D eigenvalue weighted by Gasteiger charge is -2.24. The molecule has 3 nitrogen and oxygen atoms in total. The van der Waals surface area contributed by atoms with Crippen LogP contribution in [-0.2, 0) is 4.79 Å². The first-order chi connectivity index (χ1) is 7.39. The van der Waals surface area contributed by atoms with Crippen molar-refractivity contribution in [2.24, 2.45) is 0 Å². The smallest absolute Gasteiger partial charge is 0.228 e. The molecular formula is C12H14ClNO2. The minimum atomic E-state index is -0.509. The number of hydrogen-bond acceptors (Lipinski definition) is 2. The van der Waals surface area contributed by atoms with Crippen molar-refractivity contribution in [2.75, 3.05) is 5.32 Å². The second-order valence-corrected chi connectivity index (χ2v) is 5.06. The van der Waals surface area contributed by atoms with Crippen molar-refractivity contribution in [3.63, 3.8) is 0 Å². The molecule has 0 bridgehead atoms. The molecule has 0 radical (unpaired) electrons. The fourth-order valence-electron chi connectivity index (χ4n) is 1.79. The molecule has 1 amide bonds. The topological polar surface area (TPSA) is 38.3 Å². The Balaban J connectivity index is 2.58. The first kappa shape index (κ1) is 11.3. The molecule has 0 fully saturated rings. The van der Waals surface area contributed by atoms with Crippen LogP contribution in [0.2, 0.25) is 5.02 Å². The molecule has 0 atom stereocenters. The SMILES string of the molecule is Cc1ccc(Cl)c2c1OC(C)(C)CC(=O)N2. The molecule has 2 rings (SSSR count). The average molecular weight is 240 g/mol. The highest BCUT2D eigenvalue weighted by Gasteiger charge is 2.30. The Morgan fingerprint density at radius 2 is 2.12 bits per heavy atom. The lowest BCUT2D eigenvalue weighted by molar-refractivity contribution is -0.118. The summed E-state index contributed by atoms with van der Waals surface area (Å²) in [6.45, 7) is 5.72. The Morgan fingerprint density at radius 3 is 2.81 bits per heavy atom. The molecule has 1 aromatic carbocycles. The lowest BCUT2D eigenvalue weighted by Crippen LogP contribution is -2.31. The molecule has 0 saturated heterocycles. The first-order valence-corrected chi connectivity index (χ1v) is 5.55. The molecule has 0 saturated carbocycles. The van der Waals surface area contributed by atoms with Crippen LogP contribution in [0.15, 0.2) is 12.1 Å². The van der Waals surface area contributed by atoms with E-state index < -0.39 is 5.60 Å². The normalized spacial score (nSPS) is 18.1. The van der Waals surface area contributed by atoms with Gasteiger partial charge in [0.15, 0.2) is 0 Å². The van der Waals surface area contributed by atoms with E-state index in [-0.39, 0.29) is 5.91 Å². The van der Waals surface area contributed by atoms with E-state index in [1.807, 2.05) is 26.8 Å². The summed E-state index contributed by atoms with van der Waals surface area (Å²) in [6, 6.07) is 3.65. The molecule has 1 N–H and O–H groups in total. The maximum Gasteiger partial charge on any atom is 0.228 e. The largest absolute Gasteiger partial charge is 0.485 e. The van der Waals surface area contributed by atoms with Crippen LogP contribution in [-0.4, -0.2) is 11.5 Å². The van der Waals surface area contributed by atoms with Gasteiger partial charge in [-0.1, -0.05) is 17.7 Å². The van der Waals surface area contributed by atoms with E-state index >= 15 is 0 Å². The van der Waals surface area contributed by atoms with Gasteiger partial charge in [0.05, 0.1) is 11.4 Å². The predicted octanol–water partition coefficient (Wildman–Crippen LogP) is 3.15. The van der Waals surface area contributed by atoms with E-state index in [0.717, 1.165) is 5.56 Å². The highest BCUT2D eigenvalue weighted by Crippen LogP contribution is 2.40. The maximum atomic E-state index is 11.7. The number of aryl methyl sites for hydroxylation is 1. The molecule has 0 aromatic heterocycles. The van der Waals surface area contributed by atoms with Crippen LogP contribution in [0.4, 0.5) is 5.69 Å². The predicted molar refractivity (Wildman–Crippen MR) is 64.1 cm³/mol. The molecule has 0 unspecified atom stereocenters. The number of carbonyl (C=O) groups excluding carboxylic acids is 1. The Labute approximate surface area is 99.7 Å². The van der Waals surface area contributed by atoms with Gasteiger partial charge in [-0.25, -0.2) is 0 Å². The molecule has 4 heteroatoms. The van der Waals surface area contributed by atoms with Crippen molar-refractivity contribution < 1.29 is 9.53 Å². The number of nitrogens with one attached hydrogen (secondary N) is 1. The Bertz CT molecular complexity index is 455. The van der Waals surface area contributed by atoms with Gasteiger partial charge >= 0.3 is 0 Å². The van der Waals surface area contributed by atoms with Crippen LogP contribution in [0.25, 0.3) is 0 Å². The van der Waals surface area contributed by atoms with Crippen LogP contribution in [0, 0.1) is 6.92 Å². The minimum Gasteiger partial charge on any atom is -0.485 e. The summed E-state index contributed by atoms with van der Waals surface area (Å²) in [5, 5.41) is 3.30. The number of carbonyl (C=O) groups is 1. The summed E-state index contributed by atoms with van der Waals surface area (Å²) in [5.74, 6) is 0.597. The third-order valence-corrected chi connectivity index (χ3v) is 2.85. The standard InChI is InChI=1S/C12H14ClNO2/c1-7-4-5-8(13)10-11(7)16-12(2,3)6-9(15)14-10/h4-5H,6H2,1-3H3,(H,14,15). The third kappa shape index (κ3) is 2.00. The number of fused-ring (bicyclic) bond motifs is 1. The van der Waals surface area contributed by atoms with E-state index in [2.05, 4.69) is 5.32 Å². The highest BCUT2D eigenvalue weighted by molar-refractivity contribution is 6.34. The molecule has 1 aliphatic rings. The molecule has 0 aliphatic carbocycles. The Kier molecular flexibility index (Phi) is 2.58. The van der Waals surface area contributed by atoms with Crippen LogP contribution in [0.1, 0.15) is 25.8 Å². The molecule has 1 aliphatic heterocycles. The van der Waals surface area contributed by atoms with Gasteiger partial charge in [-0.3, -0.25) is 4.79 Å². The van der Waals surface area contributed by atoms with Crippen molar-refractivity contribution in [2.45, 2.75) is 32.8 Å². The van der Waals surface area contributed by atoms with Crippen molar-refractivity contribution >= 4 is 23.2 Å². The van der Waals surface area contributed by atoms with Gasteiger partial charge in [-0.2, -0.15) is 0 Å². The number of anilines is 1. The number of benzene rings is 1. The summed E-state index contributed by atoms with van der Waals surface area (Å²) in [6.07, 6.45) is 0.317. The van der Waals surface area contributed by atoms with Gasteiger partial charge in [-0.05, 0) is 32.4 Å². The van der Waals surface area contributed by atoms with Crippen LogP contribution < -0.4 is 10.1 Å². The van der Waals surface area contributed by atoms with Crippen LogP contribution in [0.5, 0.6) is 5.75 Å². The van der Waals surface area contributed by atoms with E-state index in [4.69, 9.17) is 16.3 Å². The first-order valence-electron chi connectivity index (χ1n) is 5.17. The summed E-state index contributed by atoms with van der Waals surface area (Å²) >= 11 is 6.05. The molecular weight excluding hydrogens is 226 g/mol. The zero-order valence-electron chi connectivity index (χ0n) is 9.56. The molecule has 16 heavy (non-hydrogen) atoms. The van der Waals surface area contributed by atoms with E-state index in [1.165, 1.54) is 0 Å². The maximum absolute atomic E-state index is 11.7. The quantitative estimate of drug-likeness (QED) is 0.755.